The average molecular weight is 438 g/mol. The van der Waals surface area contributed by atoms with Crippen molar-refractivity contribution in [3.8, 4) is 0 Å². The number of nitrogens with zero attached hydrogens (tertiary/aromatic N) is 1. The first-order valence-corrected chi connectivity index (χ1v) is 10.3. The van der Waals surface area contributed by atoms with E-state index in [-0.39, 0.29) is 36.6 Å². The Labute approximate surface area is 186 Å². The lowest BCUT2D eigenvalue weighted by molar-refractivity contribution is -0.123. The second-order valence-electron chi connectivity index (χ2n) is 7.62. The number of carbonyl (C=O) groups excluding carboxylic acids is 2. The van der Waals surface area contributed by atoms with E-state index in [4.69, 9.17) is 5.11 Å². The van der Waals surface area contributed by atoms with E-state index >= 15 is 0 Å². The Kier molecular flexibility index (Phi) is 7.56. The largest absolute Gasteiger partial charge is 0.465 e. The normalized spacial score (nSPS) is 15.8. The van der Waals surface area contributed by atoms with Crippen molar-refractivity contribution < 1.29 is 19.5 Å². The summed E-state index contributed by atoms with van der Waals surface area (Å²) in [7, 11) is 0. The first kappa shape index (κ1) is 23.0. The Morgan fingerprint density at radius 1 is 1.12 bits per heavy atom. The van der Waals surface area contributed by atoms with Crippen LogP contribution in [0.3, 0.4) is 0 Å². The van der Waals surface area contributed by atoms with E-state index in [0.29, 0.717) is 24.4 Å². The summed E-state index contributed by atoms with van der Waals surface area (Å²) in [6, 6.07) is 13.2. The minimum atomic E-state index is -1.19. The van der Waals surface area contributed by atoms with Crippen LogP contribution in [-0.2, 0) is 22.7 Å². The van der Waals surface area contributed by atoms with Gasteiger partial charge in [0.15, 0.2) is 0 Å². The summed E-state index contributed by atoms with van der Waals surface area (Å²) >= 11 is 0. The number of carbonyl (C=O) groups is 3. The molecular weight excluding hydrogens is 410 g/mol. The molecule has 3 rings (SSSR count). The number of nitrogens with one attached hydrogen (secondary N) is 4. The maximum Gasteiger partial charge on any atom is 0.410 e. The van der Waals surface area contributed by atoms with Crippen molar-refractivity contribution in [2.45, 2.75) is 39.4 Å². The first-order chi connectivity index (χ1) is 15.3. The van der Waals surface area contributed by atoms with Crippen LogP contribution in [-0.4, -0.2) is 40.6 Å². The van der Waals surface area contributed by atoms with Gasteiger partial charge in [0.25, 0.3) is 0 Å². The number of pyridine rings is 1. The van der Waals surface area contributed by atoms with Crippen LogP contribution in [0.1, 0.15) is 30.2 Å². The second kappa shape index (κ2) is 10.5. The summed E-state index contributed by atoms with van der Waals surface area (Å²) in [5, 5.41) is 20.1. The lowest BCUT2D eigenvalue weighted by Gasteiger charge is -2.28. The lowest BCUT2D eigenvalue weighted by Crippen LogP contribution is -2.47. The van der Waals surface area contributed by atoms with Crippen LogP contribution >= 0.6 is 0 Å². The fraction of sp³-hybridized carbons (Fsp3) is 0.304. The zero-order valence-electron chi connectivity index (χ0n) is 18.1. The highest BCUT2D eigenvalue weighted by Crippen LogP contribution is 2.18. The van der Waals surface area contributed by atoms with Crippen molar-refractivity contribution >= 4 is 23.7 Å². The van der Waals surface area contributed by atoms with Crippen LogP contribution in [0, 0.1) is 6.92 Å². The predicted molar refractivity (Wildman–Crippen MR) is 120 cm³/mol. The number of amides is 3. The summed E-state index contributed by atoms with van der Waals surface area (Å²) in [5.74, 6) is -0.276. The Morgan fingerprint density at radius 2 is 1.88 bits per heavy atom. The lowest BCUT2D eigenvalue weighted by atomic mass is 9.95. The van der Waals surface area contributed by atoms with E-state index in [2.05, 4.69) is 26.3 Å². The van der Waals surface area contributed by atoms with Crippen molar-refractivity contribution in [3.05, 3.63) is 70.4 Å². The molecular formula is C23H27N5O4. The standard InChI is InChI=1S/C23H27N5O4/c1-14-18(22(30)26-13-19(14)24-11-16-6-4-3-5-7-16)10-21(29)25-12-17-8-9-20(27-15(17)2)28-23(31)32/h3-9,19,24H,10-13H2,1-2H3,(H,25,29)(H,26,30)(H,27,28)(H,31,32). The predicted octanol–water partition coefficient (Wildman–Crippen LogP) is 2.09. The summed E-state index contributed by atoms with van der Waals surface area (Å²) in [6.07, 6.45) is -1.21. The number of carboxylic acid groups (broad SMARTS) is 1. The molecule has 1 aliphatic rings. The van der Waals surface area contributed by atoms with E-state index in [1.165, 1.54) is 6.07 Å². The smallest absolute Gasteiger partial charge is 0.410 e. The number of aryl methyl sites for hydroxylation is 1. The van der Waals surface area contributed by atoms with E-state index in [1.54, 1.807) is 13.0 Å². The van der Waals surface area contributed by atoms with Gasteiger partial charge in [-0.1, -0.05) is 36.4 Å². The monoisotopic (exact) mass is 437 g/mol. The Hall–Kier alpha value is -3.72. The number of aromatic nitrogens is 1. The van der Waals surface area contributed by atoms with Crippen molar-refractivity contribution in [2.24, 2.45) is 0 Å². The van der Waals surface area contributed by atoms with Gasteiger partial charge in [-0.25, -0.2) is 9.78 Å². The van der Waals surface area contributed by atoms with Crippen LogP contribution in [0.25, 0.3) is 0 Å². The highest BCUT2D eigenvalue weighted by atomic mass is 16.4. The molecule has 9 nitrogen and oxygen atoms in total. The molecule has 0 bridgehead atoms. The van der Waals surface area contributed by atoms with Gasteiger partial charge in [0.1, 0.15) is 5.82 Å². The third kappa shape index (κ3) is 6.14. The molecule has 9 heteroatoms. The molecule has 1 unspecified atom stereocenters. The quantitative estimate of drug-likeness (QED) is 0.430. The molecule has 168 valence electrons. The van der Waals surface area contributed by atoms with Crippen LogP contribution in [0.5, 0.6) is 0 Å². The third-order valence-corrected chi connectivity index (χ3v) is 5.38. The van der Waals surface area contributed by atoms with E-state index < -0.39 is 6.09 Å². The molecule has 1 aromatic carbocycles. The SMILES string of the molecule is CC1=C(CC(=O)NCc2ccc(NC(=O)O)nc2C)C(=O)NCC1NCc1ccccc1. The van der Waals surface area contributed by atoms with Gasteiger partial charge in [0.2, 0.25) is 11.8 Å². The van der Waals surface area contributed by atoms with Gasteiger partial charge in [0, 0.05) is 36.9 Å². The molecule has 32 heavy (non-hydrogen) atoms. The Bertz CT molecular complexity index is 1040. The maximum atomic E-state index is 12.5. The molecule has 5 N–H and O–H groups in total. The minimum absolute atomic E-state index is 0.0215. The van der Waals surface area contributed by atoms with Crippen LogP contribution in [0.4, 0.5) is 10.6 Å². The molecule has 0 saturated carbocycles. The fourth-order valence-corrected chi connectivity index (χ4v) is 3.50. The van der Waals surface area contributed by atoms with Gasteiger partial charge in [-0.05, 0) is 36.6 Å². The van der Waals surface area contributed by atoms with Crippen molar-refractivity contribution in [3.63, 3.8) is 0 Å². The second-order valence-corrected chi connectivity index (χ2v) is 7.62. The van der Waals surface area contributed by atoms with Gasteiger partial charge in [-0.3, -0.25) is 14.9 Å². The minimum Gasteiger partial charge on any atom is -0.465 e. The zero-order valence-corrected chi connectivity index (χ0v) is 18.1. The molecule has 1 aromatic heterocycles. The molecule has 0 fully saturated rings. The highest BCUT2D eigenvalue weighted by molar-refractivity contribution is 6.00. The molecule has 2 aromatic rings. The summed E-state index contributed by atoms with van der Waals surface area (Å²) in [5.41, 5.74) is 3.84. The molecule has 1 aliphatic heterocycles. The average Bonchev–Trinajstić information content (AvgIpc) is 2.76. The fourth-order valence-electron chi connectivity index (χ4n) is 3.50. The zero-order chi connectivity index (χ0) is 23.1. The number of hydrogen-bond acceptors (Lipinski definition) is 5. The van der Waals surface area contributed by atoms with E-state index in [9.17, 15) is 14.4 Å². The van der Waals surface area contributed by atoms with Crippen molar-refractivity contribution in [2.75, 3.05) is 11.9 Å². The Balaban J connectivity index is 1.58. The molecule has 0 spiro atoms. The van der Waals surface area contributed by atoms with Crippen LogP contribution in [0.15, 0.2) is 53.6 Å². The van der Waals surface area contributed by atoms with E-state index in [0.717, 1.165) is 16.7 Å². The van der Waals surface area contributed by atoms with Crippen LogP contribution < -0.4 is 21.3 Å². The summed E-state index contributed by atoms with van der Waals surface area (Å²) < 4.78 is 0. The summed E-state index contributed by atoms with van der Waals surface area (Å²) in [4.78, 5) is 39.8. The Morgan fingerprint density at radius 3 is 2.56 bits per heavy atom. The molecule has 2 heterocycles. The molecule has 0 aliphatic carbocycles. The van der Waals surface area contributed by atoms with Gasteiger partial charge in [-0.15, -0.1) is 0 Å². The van der Waals surface area contributed by atoms with Crippen LogP contribution in [0.2, 0.25) is 0 Å². The summed E-state index contributed by atoms with van der Waals surface area (Å²) in [6.45, 7) is 4.99. The van der Waals surface area contributed by atoms with Gasteiger partial charge in [0.05, 0.1) is 6.42 Å². The number of benzene rings is 1. The van der Waals surface area contributed by atoms with Gasteiger partial charge >= 0.3 is 6.09 Å². The van der Waals surface area contributed by atoms with Crippen molar-refractivity contribution in [1.82, 2.24) is 20.9 Å². The number of hydrogen-bond donors (Lipinski definition) is 5. The van der Waals surface area contributed by atoms with Gasteiger partial charge in [-0.2, -0.15) is 0 Å². The molecule has 3 amide bonds. The maximum absolute atomic E-state index is 12.5. The van der Waals surface area contributed by atoms with E-state index in [1.807, 2.05) is 37.3 Å². The van der Waals surface area contributed by atoms with Crippen molar-refractivity contribution in [1.29, 1.82) is 0 Å². The highest BCUT2D eigenvalue weighted by Gasteiger charge is 2.26. The van der Waals surface area contributed by atoms with Gasteiger partial charge < -0.3 is 21.1 Å². The molecule has 0 radical (unpaired) electrons. The third-order valence-electron chi connectivity index (χ3n) is 5.38. The number of rotatable bonds is 8. The molecule has 0 saturated heterocycles. The first-order valence-electron chi connectivity index (χ1n) is 10.3. The molecule has 1 atom stereocenters. The number of anilines is 1. The topological polar surface area (TPSA) is 132 Å².